The number of hydrogen-bond donors (Lipinski definition) is 0. The van der Waals surface area contributed by atoms with Gasteiger partial charge in [0.25, 0.3) is 0 Å². The van der Waals surface area contributed by atoms with Crippen LogP contribution in [-0.2, 0) is 24.6 Å². The van der Waals surface area contributed by atoms with Crippen LogP contribution in [0.3, 0.4) is 0 Å². The molecular weight excluding hydrogens is 435 g/mol. The van der Waals surface area contributed by atoms with Gasteiger partial charge >= 0.3 is 97.9 Å². The summed E-state index contributed by atoms with van der Waals surface area (Å²) in [5.74, 6) is 0. The van der Waals surface area contributed by atoms with Gasteiger partial charge in [0.05, 0.1) is 0 Å². The van der Waals surface area contributed by atoms with Gasteiger partial charge in [-0.15, -0.1) is 0 Å². The Morgan fingerprint density at radius 1 is 1.18 bits per heavy atom. The van der Waals surface area contributed by atoms with Crippen molar-refractivity contribution in [2.45, 2.75) is 0.751 Å². The SMILES string of the molecule is Cl[C](Cl)(Br)[Hg][c]1ccccc1. The second-order valence-corrected chi connectivity index (χ2v) is 22.2. The third-order valence-corrected chi connectivity index (χ3v) is 11.0. The molecule has 1 aromatic carbocycles. The predicted octanol–water partition coefficient (Wildman–Crippen LogP) is 2.88. The summed E-state index contributed by atoms with van der Waals surface area (Å²) in [6, 6.07) is 10.2. The number of alkyl halides is 3. The van der Waals surface area contributed by atoms with Gasteiger partial charge in [-0.1, -0.05) is 0 Å². The summed E-state index contributed by atoms with van der Waals surface area (Å²) in [7, 11) is 0. The molecule has 11 heavy (non-hydrogen) atoms. The van der Waals surface area contributed by atoms with Crippen molar-refractivity contribution in [3.63, 3.8) is 0 Å². The van der Waals surface area contributed by atoms with Crippen molar-refractivity contribution in [3.05, 3.63) is 30.3 Å². The van der Waals surface area contributed by atoms with Gasteiger partial charge in [-0.2, -0.15) is 0 Å². The average Bonchev–Trinajstić information content (AvgIpc) is 1.85. The van der Waals surface area contributed by atoms with Crippen LogP contribution >= 0.6 is 39.1 Å². The first-order valence-corrected chi connectivity index (χ1v) is 10.2. The van der Waals surface area contributed by atoms with Crippen molar-refractivity contribution in [1.29, 1.82) is 0 Å². The molecule has 56 valence electrons. The quantitative estimate of drug-likeness (QED) is 0.490. The summed E-state index contributed by atoms with van der Waals surface area (Å²) < 4.78 is 0.725. The second-order valence-electron chi connectivity index (χ2n) is 2.28. The van der Waals surface area contributed by atoms with Gasteiger partial charge in [-0.3, -0.25) is 0 Å². The number of hydrogen-bond acceptors (Lipinski definition) is 0. The summed E-state index contributed by atoms with van der Waals surface area (Å²) in [6.07, 6.45) is 0. The molecule has 1 rings (SSSR count). The fourth-order valence-electron chi connectivity index (χ4n) is 0.827. The van der Waals surface area contributed by atoms with Crippen LogP contribution in [0, 0.1) is 0 Å². The molecule has 0 aliphatic carbocycles. The van der Waals surface area contributed by atoms with Crippen LogP contribution < -0.4 is 3.07 Å². The molecule has 0 saturated carbocycles. The number of benzene rings is 1. The molecule has 0 spiro atoms. The minimum absolute atomic E-state index is 0.617. The summed E-state index contributed by atoms with van der Waals surface area (Å²) in [4.78, 5) is 0. The molecule has 0 radical (unpaired) electrons. The Bertz CT molecular complexity index is 220. The molecule has 4 heteroatoms. The van der Waals surface area contributed by atoms with Crippen LogP contribution in [0.15, 0.2) is 30.3 Å². The standard InChI is InChI=1S/C6H5.CBrCl2.Hg/c1-2-4-6-5-3-1;2-1(3)4;/h1-5H;;. The summed E-state index contributed by atoms with van der Waals surface area (Å²) >= 11 is 13.6. The summed E-state index contributed by atoms with van der Waals surface area (Å²) in [6.45, 7) is 0. The Labute approximate surface area is 96.8 Å². The molecule has 0 bridgehead atoms. The van der Waals surface area contributed by atoms with Crippen LogP contribution in [0.25, 0.3) is 0 Å². The summed E-state index contributed by atoms with van der Waals surface area (Å²) in [5, 5.41) is 0. The van der Waals surface area contributed by atoms with E-state index in [1.807, 2.05) is 18.2 Å². The molecule has 0 amide bonds. The fourth-order valence-corrected chi connectivity index (χ4v) is 10.2. The maximum atomic E-state index is 5.85. The zero-order valence-corrected chi connectivity index (χ0v) is 14.3. The van der Waals surface area contributed by atoms with E-state index < -0.39 is 25.3 Å². The molecule has 0 aromatic heterocycles. The minimum atomic E-state index is -1.37. The van der Waals surface area contributed by atoms with Crippen LogP contribution in [0.2, 0.25) is 0 Å². The van der Waals surface area contributed by atoms with Crippen LogP contribution in [0.5, 0.6) is 0 Å². The molecular formula is C7H5BrCl2Hg. The van der Waals surface area contributed by atoms with Crippen molar-refractivity contribution in [2.24, 2.45) is 0 Å². The predicted molar refractivity (Wildman–Crippen MR) is 49.4 cm³/mol. The molecule has 0 nitrogen and oxygen atoms in total. The first-order chi connectivity index (χ1) is 5.08. The first kappa shape index (κ1) is 10.3. The molecule has 0 N–H and O–H groups in total. The van der Waals surface area contributed by atoms with Crippen LogP contribution in [0.4, 0.5) is 0 Å². The zero-order valence-electron chi connectivity index (χ0n) is 5.73. The van der Waals surface area contributed by atoms with E-state index in [4.69, 9.17) is 23.2 Å². The molecule has 0 aliphatic heterocycles. The van der Waals surface area contributed by atoms with Crippen molar-refractivity contribution in [1.82, 2.24) is 0 Å². The molecule has 0 atom stereocenters. The topological polar surface area (TPSA) is 0 Å². The monoisotopic (exact) mass is 440 g/mol. The van der Waals surface area contributed by atoms with Gasteiger partial charge in [0.15, 0.2) is 0 Å². The normalized spacial score (nSPS) is 10.8. The van der Waals surface area contributed by atoms with Gasteiger partial charge in [-0.25, -0.2) is 0 Å². The molecule has 1 aromatic rings. The fraction of sp³-hybridized carbons (Fsp3) is 0.143. The second kappa shape index (κ2) is 4.45. The Kier molecular flexibility index (Phi) is 4.17. The molecule has 0 saturated heterocycles. The third-order valence-electron chi connectivity index (χ3n) is 1.25. The Morgan fingerprint density at radius 2 is 1.73 bits per heavy atom. The van der Waals surface area contributed by atoms with E-state index in [9.17, 15) is 0 Å². The van der Waals surface area contributed by atoms with Crippen molar-refractivity contribution in [2.75, 3.05) is 0 Å². The van der Waals surface area contributed by atoms with Crippen molar-refractivity contribution >= 4 is 42.2 Å². The number of rotatable bonds is 2. The Hall–Kier alpha value is 1.22. The van der Waals surface area contributed by atoms with E-state index in [-0.39, 0.29) is 0 Å². The Balaban J connectivity index is 2.66. The van der Waals surface area contributed by atoms with Gasteiger partial charge in [0, 0.05) is 0 Å². The van der Waals surface area contributed by atoms with E-state index in [0.29, 0.717) is 0 Å². The molecule has 0 unspecified atom stereocenters. The van der Waals surface area contributed by atoms with E-state index in [1.165, 1.54) is 3.07 Å². The van der Waals surface area contributed by atoms with Crippen molar-refractivity contribution < 1.29 is 24.6 Å². The zero-order chi connectivity index (χ0) is 8.32. The molecule has 0 heterocycles. The van der Waals surface area contributed by atoms with Gasteiger partial charge in [0.1, 0.15) is 0 Å². The number of halogens is 3. The first-order valence-electron chi connectivity index (χ1n) is 3.18. The van der Waals surface area contributed by atoms with Gasteiger partial charge in [0.2, 0.25) is 0 Å². The third kappa shape index (κ3) is 4.71. The average molecular weight is 441 g/mol. The maximum absolute atomic E-state index is 5.85. The van der Waals surface area contributed by atoms with Crippen LogP contribution in [-0.4, -0.2) is 0.751 Å². The van der Waals surface area contributed by atoms with E-state index >= 15 is 0 Å². The van der Waals surface area contributed by atoms with E-state index in [0.717, 1.165) is 0 Å². The van der Waals surface area contributed by atoms with Gasteiger partial charge < -0.3 is 0 Å². The molecule has 0 fully saturated rings. The van der Waals surface area contributed by atoms with Crippen LogP contribution in [0.1, 0.15) is 0 Å². The van der Waals surface area contributed by atoms with Crippen molar-refractivity contribution in [3.8, 4) is 0 Å². The van der Waals surface area contributed by atoms with E-state index in [2.05, 4.69) is 28.1 Å². The Morgan fingerprint density at radius 3 is 2.18 bits per heavy atom. The summed E-state index contributed by atoms with van der Waals surface area (Å²) in [5.41, 5.74) is 0. The van der Waals surface area contributed by atoms with Gasteiger partial charge in [-0.05, 0) is 0 Å². The van der Waals surface area contributed by atoms with E-state index in [1.54, 1.807) is 0 Å². The molecule has 0 aliphatic rings.